The van der Waals surface area contributed by atoms with E-state index in [9.17, 15) is 4.79 Å². The second-order valence-corrected chi connectivity index (χ2v) is 2.75. The van der Waals surface area contributed by atoms with Gasteiger partial charge < -0.3 is 9.47 Å². The van der Waals surface area contributed by atoms with E-state index >= 15 is 0 Å². The number of esters is 1. The van der Waals surface area contributed by atoms with Crippen LogP contribution < -0.4 is 0 Å². The van der Waals surface area contributed by atoms with Gasteiger partial charge in [-0.25, -0.2) is 0 Å². The molecule has 0 rings (SSSR count). The Labute approximate surface area is 84.7 Å². The van der Waals surface area contributed by atoms with Gasteiger partial charge in [0.2, 0.25) is 0 Å². The molecule has 0 aliphatic heterocycles. The fourth-order valence-corrected chi connectivity index (χ4v) is 0.885. The second-order valence-electron chi connectivity index (χ2n) is 2.75. The normalized spacial score (nSPS) is 12.2. The van der Waals surface area contributed by atoms with Crippen LogP contribution in [0.25, 0.3) is 0 Å². The molecule has 0 unspecified atom stereocenters. The van der Waals surface area contributed by atoms with Gasteiger partial charge in [0.25, 0.3) is 0 Å². The van der Waals surface area contributed by atoms with E-state index in [-0.39, 0.29) is 12.4 Å². The van der Waals surface area contributed by atoms with Crippen molar-refractivity contribution in [1.29, 1.82) is 0 Å². The molecule has 0 heterocycles. The van der Waals surface area contributed by atoms with Crippen LogP contribution in [0.2, 0.25) is 0 Å². The molecular weight excluding hydrogens is 180 g/mol. The van der Waals surface area contributed by atoms with Gasteiger partial charge in [-0.3, -0.25) is 4.79 Å². The van der Waals surface area contributed by atoms with E-state index in [0.29, 0.717) is 5.76 Å². The third-order valence-corrected chi connectivity index (χ3v) is 1.56. The lowest BCUT2D eigenvalue weighted by Gasteiger charge is -2.02. The smallest absolute Gasteiger partial charge is 0.309 e. The highest BCUT2D eigenvalue weighted by Gasteiger charge is 2.01. The van der Waals surface area contributed by atoms with Gasteiger partial charge in [0.05, 0.1) is 20.6 Å². The number of carbonyl (C=O) groups excluding carboxylic acids is 1. The number of methoxy groups -OCH3 is 2. The van der Waals surface area contributed by atoms with Gasteiger partial charge in [-0.05, 0) is 19.1 Å². The van der Waals surface area contributed by atoms with E-state index in [4.69, 9.17) is 4.74 Å². The quantitative estimate of drug-likeness (QED) is 0.384. The van der Waals surface area contributed by atoms with Crippen molar-refractivity contribution >= 4 is 5.97 Å². The predicted octanol–water partition coefficient (Wildman–Crippen LogP) is 2.21. The Bertz CT molecular complexity index is 262. The van der Waals surface area contributed by atoms with Gasteiger partial charge in [-0.2, -0.15) is 0 Å². The van der Waals surface area contributed by atoms with Crippen LogP contribution in [0.4, 0.5) is 0 Å². The Morgan fingerprint density at radius 2 is 2.00 bits per heavy atom. The van der Waals surface area contributed by atoms with Gasteiger partial charge in [-0.15, -0.1) is 0 Å². The van der Waals surface area contributed by atoms with Crippen molar-refractivity contribution in [3.63, 3.8) is 0 Å². The van der Waals surface area contributed by atoms with E-state index in [1.165, 1.54) is 7.11 Å². The molecule has 0 bridgehead atoms. The van der Waals surface area contributed by atoms with Crippen LogP contribution in [0, 0.1) is 0 Å². The van der Waals surface area contributed by atoms with Crippen LogP contribution >= 0.6 is 0 Å². The Hall–Kier alpha value is -1.51. The van der Waals surface area contributed by atoms with Gasteiger partial charge >= 0.3 is 5.97 Å². The molecule has 0 fully saturated rings. The summed E-state index contributed by atoms with van der Waals surface area (Å²) in [5.74, 6) is 0.411. The Balaban J connectivity index is 4.40. The molecule has 0 atom stereocenters. The maximum Gasteiger partial charge on any atom is 0.309 e. The van der Waals surface area contributed by atoms with Crippen LogP contribution in [-0.4, -0.2) is 20.2 Å². The average molecular weight is 196 g/mol. The molecule has 0 radical (unpaired) electrons. The lowest BCUT2D eigenvalue weighted by molar-refractivity contribution is -0.139. The third kappa shape index (κ3) is 5.19. The largest absolute Gasteiger partial charge is 0.497 e. The monoisotopic (exact) mass is 196 g/mol. The molecule has 3 heteroatoms. The van der Waals surface area contributed by atoms with Crippen molar-refractivity contribution in [1.82, 2.24) is 0 Å². The molecule has 0 aliphatic rings. The first-order chi connectivity index (χ1) is 6.63. The summed E-state index contributed by atoms with van der Waals surface area (Å²) in [7, 11) is 2.93. The summed E-state index contributed by atoms with van der Waals surface area (Å²) in [5, 5.41) is 0. The zero-order chi connectivity index (χ0) is 11.0. The maximum atomic E-state index is 10.9. The molecule has 0 saturated heterocycles. The number of carbonyl (C=O) groups is 1. The van der Waals surface area contributed by atoms with E-state index < -0.39 is 0 Å². The van der Waals surface area contributed by atoms with E-state index in [1.807, 2.05) is 6.92 Å². The van der Waals surface area contributed by atoms with Crippen LogP contribution in [-0.2, 0) is 14.3 Å². The molecule has 0 aromatic rings. The third-order valence-electron chi connectivity index (χ3n) is 1.56. The minimum absolute atomic E-state index is 0.257. The molecule has 0 aliphatic carbocycles. The summed E-state index contributed by atoms with van der Waals surface area (Å²) in [6.07, 6.45) is 5.40. The number of rotatable bonds is 5. The fraction of sp³-hybridized carbons (Fsp3) is 0.364. The summed E-state index contributed by atoms with van der Waals surface area (Å²) in [5.41, 5.74) is 0.881. The Morgan fingerprint density at radius 1 is 1.36 bits per heavy atom. The molecule has 78 valence electrons. The molecule has 3 nitrogen and oxygen atoms in total. The molecule has 14 heavy (non-hydrogen) atoms. The van der Waals surface area contributed by atoms with Crippen LogP contribution in [0.15, 0.2) is 36.1 Å². The molecule has 0 aromatic carbocycles. The lowest BCUT2D eigenvalue weighted by Crippen LogP contribution is -2.00. The van der Waals surface area contributed by atoms with Crippen molar-refractivity contribution in [2.45, 2.75) is 13.3 Å². The topological polar surface area (TPSA) is 35.5 Å². The van der Waals surface area contributed by atoms with Gasteiger partial charge in [0.15, 0.2) is 0 Å². The molecule has 0 spiro atoms. The highest BCUT2D eigenvalue weighted by molar-refractivity contribution is 5.72. The fourth-order valence-electron chi connectivity index (χ4n) is 0.885. The predicted molar refractivity (Wildman–Crippen MR) is 55.7 cm³/mol. The molecule has 0 aromatic heterocycles. The average Bonchev–Trinajstić information content (AvgIpc) is 2.16. The Morgan fingerprint density at radius 3 is 2.43 bits per heavy atom. The molecule has 0 amide bonds. The lowest BCUT2D eigenvalue weighted by atomic mass is 10.2. The summed E-state index contributed by atoms with van der Waals surface area (Å²) < 4.78 is 9.57. The summed E-state index contributed by atoms with van der Waals surface area (Å²) in [6, 6.07) is 0. The summed E-state index contributed by atoms with van der Waals surface area (Å²) in [6.45, 7) is 5.40. The highest BCUT2D eigenvalue weighted by Crippen LogP contribution is 2.07. The van der Waals surface area contributed by atoms with Crippen molar-refractivity contribution < 1.29 is 14.3 Å². The van der Waals surface area contributed by atoms with Gasteiger partial charge in [0, 0.05) is 0 Å². The number of hydrogen-bond donors (Lipinski definition) is 0. The first kappa shape index (κ1) is 12.5. The number of allylic oxidation sites excluding steroid dienone is 3. The summed E-state index contributed by atoms with van der Waals surface area (Å²) >= 11 is 0. The van der Waals surface area contributed by atoms with Gasteiger partial charge in [0.1, 0.15) is 5.76 Å². The van der Waals surface area contributed by atoms with E-state index in [1.54, 1.807) is 25.3 Å². The number of hydrogen-bond acceptors (Lipinski definition) is 3. The first-order valence-electron chi connectivity index (χ1n) is 4.24. The zero-order valence-corrected chi connectivity index (χ0v) is 8.87. The number of ether oxygens (including phenoxy) is 2. The highest BCUT2D eigenvalue weighted by atomic mass is 16.5. The van der Waals surface area contributed by atoms with Crippen molar-refractivity contribution in [3.05, 3.63) is 36.1 Å². The molecule has 0 N–H and O–H groups in total. The maximum absolute atomic E-state index is 10.9. The minimum atomic E-state index is -0.257. The molecular formula is C11H16O3. The zero-order valence-electron chi connectivity index (χ0n) is 8.87. The van der Waals surface area contributed by atoms with Crippen LogP contribution in [0.3, 0.4) is 0 Å². The SMILES string of the molecule is C=C/C=C(\C=C(/C)CC(=O)OC)OC. The minimum Gasteiger partial charge on any atom is -0.497 e. The van der Waals surface area contributed by atoms with Crippen molar-refractivity contribution in [2.75, 3.05) is 14.2 Å². The van der Waals surface area contributed by atoms with E-state index in [2.05, 4.69) is 11.3 Å². The van der Waals surface area contributed by atoms with Gasteiger partial charge in [-0.1, -0.05) is 18.2 Å². The standard InChI is InChI=1S/C11H16O3/c1-5-6-10(13-3)7-9(2)8-11(12)14-4/h5-7H,1,8H2,2-4H3/b9-7+,10-6+. The Kier molecular flexibility index (Phi) is 6.20. The van der Waals surface area contributed by atoms with Crippen molar-refractivity contribution in [2.24, 2.45) is 0 Å². The van der Waals surface area contributed by atoms with E-state index in [0.717, 1.165) is 5.57 Å². The summed E-state index contributed by atoms with van der Waals surface area (Å²) in [4.78, 5) is 10.9. The van der Waals surface area contributed by atoms with Crippen LogP contribution in [0.5, 0.6) is 0 Å². The van der Waals surface area contributed by atoms with Crippen molar-refractivity contribution in [3.8, 4) is 0 Å². The molecule has 0 saturated carbocycles. The van der Waals surface area contributed by atoms with Crippen LogP contribution in [0.1, 0.15) is 13.3 Å². The first-order valence-corrected chi connectivity index (χ1v) is 4.24. The second kappa shape index (κ2) is 6.95.